The van der Waals surface area contributed by atoms with Crippen molar-refractivity contribution < 1.29 is 9.59 Å². The Labute approximate surface area is 187 Å². The fourth-order valence-electron chi connectivity index (χ4n) is 3.57. The van der Waals surface area contributed by atoms with Gasteiger partial charge in [-0.05, 0) is 73.3 Å². The number of benzene rings is 1. The van der Waals surface area contributed by atoms with E-state index in [2.05, 4.69) is 20.9 Å². The molecular formula is C20H20ClN5O2S2. The van der Waals surface area contributed by atoms with Crippen LogP contribution in [0.4, 0.5) is 5.00 Å². The van der Waals surface area contributed by atoms with Crippen molar-refractivity contribution in [1.29, 1.82) is 0 Å². The highest BCUT2D eigenvalue weighted by molar-refractivity contribution is 7.71. The number of rotatable bonds is 5. The molecule has 1 aliphatic rings. The Hall–Kier alpha value is -2.49. The lowest BCUT2D eigenvalue weighted by atomic mass is 9.94. The van der Waals surface area contributed by atoms with Gasteiger partial charge in [0.2, 0.25) is 10.7 Å². The predicted octanol–water partition coefficient (Wildman–Crippen LogP) is 4.47. The molecule has 10 heteroatoms. The summed E-state index contributed by atoms with van der Waals surface area (Å²) in [5.74, 6) is 0.143. The van der Waals surface area contributed by atoms with E-state index in [1.165, 1.54) is 22.0 Å². The SMILES string of the molecule is CC(=O)Nc1sc2c(c1Cc1n[nH]c(=S)n1NC(=O)c1ccc(Cl)cc1)CCCC2. The van der Waals surface area contributed by atoms with Gasteiger partial charge < -0.3 is 5.32 Å². The van der Waals surface area contributed by atoms with Crippen LogP contribution in [-0.2, 0) is 24.1 Å². The molecule has 2 heterocycles. The van der Waals surface area contributed by atoms with Crippen LogP contribution in [0.3, 0.4) is 0 Å². The van der Waals surface area contributed by atoms with Crippen LogP contribution in [0, 0.1) is 4.77 Å². The number of amides is 2. The van der Waals surface area contributed by atoms with Crippen molar-refractivity contribution in [3.63, 3.8) is 0 Å². The highest BCUT2D eigenvalue weighted by Crippen LogP contribution is 2.39. The Balaban J connectivity index is 1.64. The summed E-state index contributed by atoms with van der Waals surface area (Å²) in [4.78, 5) is 25.7. The lowest BCUT2D eigenvalue weighted by Gasteiger charge is -2.14. The van der Waals surface area contributed by atoms with E-state index in [1.807, 2.05) is 0 Å². The number of aromatic amines is 1. The van der Waals surface area contributed by atoms with Crippen LogP contribution in [0.2, 0.25) is 5.02 Å². The van der Waals surface area contributed by atoms with Gasteiger partial charge in [0, 0.05) is 28.8 Å². The van der Waals surface area contributed by atoms with Crippen LogP contribution >= 0.6 is 35.2 Å². The molecule has 3 aromatic rings. The second-order valence-electron chi connectivity index (χ2n) is 7.10. The molecule has 3 N–H and O–H groups in total. The summed E-state index contributed by atoms with van der Waals surface area (Å²) in [5, 5.41) is 11.4. The summed E-state index contributed by atoms with van der Waals surface area (Å²) in [7, 11) is 0. The van der Waals surface area contributed by atoms with Crippen LogP contribution in [0.25, 0.3) is 0 Å². The molecule has 0 radical (unpaired) electrons. The van der Waals surface area contributed by atoms with Crippen molar-refractivity contribution in [2.45, 2.75) is 39.0 Å². The summed E-state index contributed by atoms with van der Waals surface area (Å²) < 4.78 is 1.77. The highest BCUT2D eigenvalue weighted by atomic mass is 35.5. The number of nitrogens with one attached hydrogen (secondary N) is 3. The number of aromatic nitrogens is 3. The zero-order valence-corrected chi connectivity index (χ0v) is 18.6. The Morgan fingerprint density at radius 2 is 2.00 bits per heavy atom. The number of halogens is 1. The molecule has 1 aromatic carbocycles. The fourth-order valence-corrected chi connectivity index (χ4v) is 5.25. The van der Waals surface area contributed by atoms with E-state index in [9.17, 15) is 9.59 Å². The standard InChI is InChI=1S/C20H20ClN5O2S2/c1-11(27)22-19-15(14-4-2-3-5-16(14)30-19)10-17-23-24-20(29)26(17)25-18(28)12-6-8-13(21)9-7-12/h6-9H,2-5,10H2,1H3,(H,22,27)(H,24,29)(H,25,28). The zero-order chi connectivity index (χ0) is 21.3. The van der Waals surface area contributed by atoms with E-state index in [0.717, 1.165) is 36.2 Å². The number of carbonyl (C=O) groups is 2. The molecule has 2 aromatic heterocycles. The van der Waals surface area contributed by atoms with Gasteiger partial charge in [0.15, 0.2) is 5.82 Å². The summed E-state index contributed by atoms with van der Waals surface area (Å²) in [6, 6.07) is 6.60. The third kappa shape index (κ3) is 4.33. The van der Waals surface area contributed by atoms with Gasteiger partial charge >= 0.3 is 0 Å². The number of aryl methyl sites for hydroxylation is 1. The summed E-state index contributed by atoms with van der Waals surface area (Å²) in [5.41, 5.74) is 5.58. The quantitative estimate of drug-likeness (QED) is 0.489. The highest BCUT2D eigenvalue weighted by Gasteiger charge is 2.23. The van der Waals surface area contributed by atoms with Gasteiger partial charge in [0.1, 0.15) is 0 Å². The van der Waals surface area contributed by atoms with Crippen molar-refractivity contribution in [2.75, 3.05) is 10.7 Å². The van der Waals surface area contributed by atoms with Crippen LogP contribution in [0.1, 0.15) is 52.0 Å². The van der Waals surface area contributed by atoms with E-state index >= 15 is 0 Å². The molecule has 7 nitrogen and oxygen atoms in total. The van der Waals surface area contributed by atoms with Crippen molar-refractivity contribution in [3.05, 3.63) is 61.5 Å². The molecule has 0 saturated heterocycles. The van der Waals surface area contributed by atoms with Crippen LogP contribution in [0.5, 0.6) is 0 Å². The van der Waals surface area contributed by atoms with Crippen LogP contribution in [-0.4, -0.2) is 26.7 Å². The average molecular weight is 462 g/mol. The molecule has 0 fully saturated rings. The van der Waals surface area contributed by atoms with Crippen LogP contribution < -0.4 is 10.7 Å². The summed E-state index contributed by atoms with van der Waals surface area (Å²) in [6.45, 7) is 1.50. The number of H-pyrrole nitrogens is 1. The number of fused-ring (bicyclic) bond motifs is 1. The molecule has 30 heavy (non-hydrogen) atoms. The topological polar surface area (TPSA) is 91.8 Å². The fraction of sp³-hybridized carbons (Fsp3) is 0.300. The number of thiophene rings is 1. The first kappa shape index (κ1) is 20.8. The molecule has 0 atom stereocenters. The number of anilines is 1. The number of nitrogens with zero attached hydrogens (tertiary/aromatic N) is 2. The smallest absolute Gasteiger partial charge is 0.270 e. The predicted molar refractivity (Wildman–Crippen MR) is 121 cm³/mol. The minimum absolute atomic E-state index is 0.107. The Morgan fingerprint density at radius 1 is 1.27 bits per heavy atom. The van der Waals surface area contributed by atoms with Crippen molar-refractivity contribution in [2.24, 2.45) is 0 Å². The van der Waals surface area contributed by atoms with E-state index in [-0.39, 0.29) is 16.6 Å². The van der Waals surface area contributed by atoms with Gasteiger partial charge in [-0.3, -0.25) is 20.1 Å². The lowest BCUT2D eigenvalue weighted by Crippen LogP contribution is -2.25. The average Bonchev–Trinajstić information content (AvgIpc) is 3.23. The summed E-state index contributed by atoms with van der Waals surface area (Å²) in [6.07, 6.45) is 4.71. The van der Waals surface area contributed by atoms with Gasteiger partial charge in [-0.25, -0.2) is 4.68 Å². The normalized spacial score (nSPS) is 13.0. The molecule has 156 valence electrons. The molecule has 0 spiro atoms. The van der Waals surface area contributed by atoms with Gasteiger partial charge in [-0.2, -0.15) is 5.10 Å². The zero-order valence-electron chi connectivity index (χ0n) is 16.3. The second-order valence-corrected chi connectivity index (χ2v) is 9.03. The van der Waals surface area contributed by atoms with Gasteiger partial charge in [-0.1, -0.05) is 11.6 Å². The van der Waals surface area contributed by atoms with Crippen molar-refractivity contribution >= 4 is 52.0 Å². The molecular weight excluding hydrogens is 442 g/mol. The first-order valence-corrected chi connectivity index (χ1v) is 11.2. The second kappa shape index (κ2) is 8.71. The van der Waals surface area contributed by atoms with Gasteiger partial charge in [-0.15, -0.1) is 11.3 Å². The third-order valence-electron chi connectivity index (χ3n) is 4.97. The third-order valence-corrected chi connectivity index (χ3v) is 6.74. The monoisotopic (exact) mass is 461 g/mol. The molecule has 0 saturated carbocycles. The summed E-state index contributed by atoms with van der Waals surface area (Å²) >= 11 is 12.9. The van der Waals surface area contributed by atoms with E-state index in [4.69, 9.17) is 23.8 Å². The van der Waals surface area contributed by atoms with E-state index in [0.29, 0.717) is 22.8 Å². The first-order chi connectivity index (χ1) is 14.4. The Bertz CT molecular complexity index is 1160. The van der Waals surface area contributed by atoms with E-state index in [1.54, 1.807) is 35.6 Å². The van der Waals surface area contributed by atoms with Gasteiger partial charge in [0.25, 0.3) is 5.91 Å². The van der Waals surface area contributed by atoms with E-state index < -0.39 is 0 Å². The molecule has 4 rings (SSSR count). The number of hydrogen-bond donors (Lipinski definition) is 3. The maximum atomic E-state index is 12.7. The van der Waals surface area contributed by atoms with Gasteiger partial charge in [0.05, 0.1) is 5.00 Å². The maximum absolute atomic E-state index is 12.7. The molecule has 0 aliphatic heterocycles. The maximum Gasteiger partial charge on any atom is 0.270 e. The Kier molecular flexibility index (Phi) is 6.03. The number of hydrogen-bond acceptors (Lipinski definition) is 5. The van der Waals surface area contributed by atoms with Crippen molar-refractivity contribution in [1.82, 2.24) is 14.9 Å². The molecule has 2 amide bonds. The lowest BCUT2D eigenvalue weighted by molar-refractivity contribution is -0.114. The molecule has 0 unspecified atom stereocenters. The molecule has 0 bridgehead atoms. The van der Waals surface area contributed by atoms with Crippen molar-refractivity contribution in [3.8, 4) is 0 Å². The van der Waals surface area contributed by atoms with Crippen LogP contribution in [0.15, 0.2) is 24.3 Å². The first-order valence-electron chi connectivity index (χ1n) is 9.56. The largest absolute Gasteiger partial charge is 0.318 e. The molecule has 1 aliphatic carbocycles. The Morgan fingerprint density at radius 3 is 2.73 bits per heavy atom. The number of carbonyl (C=O) groups excluding carboxylic acids is 2. The minimum atomic E-state index is -0.320. The minimum Gasteiger partial charge on any atom is -0.318 e.